The number of imidazole rings is 1. The standard InChI is InChI=1S/C27H29N7O7/c1-3-40-19-6-4-5-17(11-19)26(37)32-21-23(36)20(12-35)41-27(21)33-14-30-22-24(28-13-29-25(22)33)31-15(2)16-7-9-18(10-8-16)34(38)39/h4-11,13-15,20-21,23,27,35-36H,3,12H2,1-2H3,(H,32,37)(H,28,29,31)/t15-,20-,21-,23-,27-/m1/s1. The second-order valence-corrected chi connectivity index (χ2v) is 9.46. The molecule has 4 aromatic rings. The van der Waals surface area contributed by atoms with Gasteiger partial charge in [0.15, 0.2) is 23.2 Å². The summed E-state index contributed by atoms with van der Waals surface area (Å²) >= 11 is 0. The highest BCUT2D eigenvalue weighted by atomic mass is 16.6. The second-order valence-electron chi connectivity index (χ2n) is 9.46. The molecule has 1 saturated heterocycles. The molecule has 1 aliphatic heterocycles. The van der Waals surface area contributed by atoms with Crippen LogP contribution in [0, 0.1) is 10.1 Å². The number of carbonyl (C=O) groups excluding carboxylic acids is 1. The first kappa shape index (κ1) is 27.9. The van der Waals surface area contributed by atoms with Crippen molar-refractivity contribution in [2.75, 3.05) is 18.5 Å². The van der Waals surface area contributed by atoms with E-state index in [0.717, 1.165) is 5.56 Å². The number of nitrogens with zero attached hydrogens (tertiary/aromatic N) is 5. The molecule has 5 atom stereocenters. The molecule has 214 valence electrons. The number of benzene rings is 2. The SMILES string of the molecule is CCOc1cccc(C(=O)N[C@@H]2[C@H](O)[C@@H](CO)O[C@H]2n2cnc3c(N[C@H](C)c4ccc([N+](=O)[O-])cc4)ncnc32)c1. The number of anilines is 1. The fourth-order valence-electron chi connectivity index (χ4n) is 4.74. The third kappa shape index (κ3) is 5.66. The van der Waals surface area contributed by atoms with Crippen LogP contribution in [0.2, 0.25) is 0 Å². The van der Waals surface area contributed by atoms with Gasteiger partial charge in [-0.1, -0.05) is 18.2 Å². The number of rotatable bonds is 10. The van der Waals surface area contributed by atoms with Gasteiger partial charge in [0, 0.05) is 17.7 Å². The molecule has 5 rings (SSSR count). The molecular weight excluding hydrogens is 534 g/mol. The number of aliphatic hydroxyl groups is 2. The van der Waals surface area contributed by atoms with Crippen molar-refractivity contribution >= 4 is 28.6 Å². The number of nitrogens with one attached hydrogen (secondary N) is 2. The van der Waals surface area contributed by atoms with Gasteiger partial charge in [-0.3, -0.25) is 19.5 Å². The second kappa shape index (κ2) is 11.8. The molecule has 4 N–H and O–H groups in total. The highest BCUT2D eigenvalue weighted by Crippen LogP contribution is 2.33. The summed E-state index contributed by atoms with van der Waals surface area (Å²) in [6, 6.07) is 11.6. The minimum atomic E-state index is -1.22. The van der Waals surface area contributed by atoms with Crippen LogP contribution in [0.1, 0.15) is 42.0 Å². The van der Waals surface area contributed by atoms with E-state index in [1.807, 2.05) is 13.8 Å². The molecular formula is C27H29N7O7. The summed E-state index contributed by atoms with van der Waals surface area (Å²) in [5.74, 6) is 0.486. The molecule has 1 aliphatic rings. The Balaban J connectivity index is 1.40. The number of ether oxygens (including phenoxy) is 2. The number of fused-ring (bicyclic) bond motifs is 1. The molecule has 1 amide bonds. The largest absolute Gasteiger partial charge is 0.494 e. The van der Waals surface area contributed by atoms with E-state index in [1.165, 1.54) is 24.8 Å². The van der Waals surface area contributed by atoms with E-state index >= 15 is 0 Å². The van der Waals surface area contributed by atoms with Gasteiger partial charge in [-0.15, -0.1) is 0 Å². The summed E-state index contributed by atoms with van der Waals surface area (Å²) in [5.41, 5.74) is 1.89. The Morgan fingerprint density at radius 1 is 1.22 bits per heavy atom. The molecule has 0 spiro atoms. The zero-order chi connectivity index (χ0) is 29.1. The van der Waals surface area contributed by atoms with E-state index < -0.39 is 41.9 Å². The Labute approximate surface area is 234 Å². The first-order valence-corrected chi connectivity index (χ1v) is 13.0. The van der Waals surface area contributed by atoms with Crippen molar-refractivity contribution in [1.82, 2.24) is 24.8 Å². The van der Waals surface area contributed by atoms with E-state index in [1.54, 1.807) is 41.0 Å². The number of non-ortho nitro benzene ring substituents is 1. The normalized spacial score (nSPS) is 21.0. The average Bonchev–Trinajstić information content (AvgIpc) is 3.54. The molecule has 1 fully saturated rings. The van der Waals surface area contributed by atoms with E-state index in [0.29, 0.717) is 34.9 Å². The van der Waals surface area contributed by atoms with Gasteiger partial charge in [-0.25, -0.2) is 15.0 Å². The first-order chi connectivity index (χ1) is 19.8. The van der Waals surface area contributed by atoms with Gasteiger partial charge in [0.2, 0.25) is 0 Å². The number of hydrogen-bond donors (Lipinski definition) is 4. The van der Waals surface area contributed by atoms with Crippen LogP contribution in [0.15, 0.2) is 61.2 Å². The molecule has 0 aliphatic carbocycles. The summed E-state index contributed by atoms with van der Waals surface area (Å²) in [7, 11) is 0. The van der Waals surface area contributed by atoms with Crippen LogP contribution in [-0.2, 0) is 4.74 Å². The fourth-order valence-corrected chi connectivity index (χ4v) is 4.74. The summed E-state index contributed by atoms with van der Waals surface area (Å²) in [5, 5.41) is 37.8. The van der Waals surface area contributed by atoms with Crippen LogP contribution >= 0.6 is 0 Å². The average molecular weight is 564 g/mol. The number of aliphatic hydroxyl groups excluding tert-OH is 2. The van der Waals surface area contributed by atoms with Gasteiger partial charge in [0.05, 0.1) is 30.5 Å². The van der Waals surface area contributed by atoms with E-state index in [2.05, 4.69) is 25.6 Å². The number of nitro benzene ring substituents is 1. The Morgan fingerprint density at radius 2 is 2.00 bits per heavy atom. The number of carbonyl (C=O) groups is 1. The molecule has 41 heavy (non-hydrogen) atoms. The lowest BCUT2D eigenvalue weighted by Crippen LogP contribution is -2.46. The Hall–Kier alpha value is -4.66. The number of hydrogen-bond acceptors (Lipinski definition) is 11. The Morgan fingerprint density at radius 3 is 2.71 bits per heavy atom. The van der Waals surface area contributed by atoms with Crippen molar-refractivity contribution in [3.05, 3.63) is 82.4 Å². The highest BCUT2D eigenvalue weighted by molar-refractivity contribution is 5.95. The summed E-state index contributed by atoms with van der Waals surface area (Å²) in [6.07, 6.45) is -0.316. The van der Waals surface area contributed by atoms with E-state index in [-0.39, 0.29) is 11.7 Å². The lowest BCUT2D eigenvalue weighted by Gasteiger charge is -2.23. The maximum Gasteiger partial charge on any atom is 0.269 e. The van der Waals surface area contributed by atoms with Gasteiger partial charge in [-0.2, -0.15) is 0 Å². The topological polar surface area (TPSA) is 187 Å². The van der Waals surface area contributed by atoms with Crippen molar-refractivity contribution < 1.29 is 29.4 Å². The molecule has 0 radical (unpaired) electrons. The monoisotopic (exact) mass is 563 g/mol. The number of nitro groups is 1. The summed E-state index contributed by atoms with van der Waals surface area (Å²) < 4.78 is 13.0. The van der Waals surface area contributed by atoms with Crippen LogP contribution in [0.3, 0.4) is 0 Å². The molecule has 3 heterocycles. The van der Waals surface area contributed by atoms with E-state index in [4.69, 9.17) is 9.47 Å². The van der Waals surface area contributed by atoms with E-state index in [9.17, 15) is 25.1 Å². The maximum absolute atomic E-state index is 13.2. The van der Waals surface area contributed by atoms with Crippen molar-refractivity contribution in [1.29, 1.82) is 0 Å². The van der Waals surface area contributed by atoms with Crippen molar-refractivity contribution in [3.8, 4) is 5.75 Å². The van der Waals surface area contributed by atoms with Crippen LogP contribution in [0.25, 0.3) is 11.2 Å². The van der Waals surface area contributed by atoms with Crippen LogP contribution in [0.5, 0.6) is 5.75 Å². The van der Waals surface area contributed by atoms with Gasteiger partial charge < -0.3 is 30.3 Å². The van der Waals surface area contributed by atoms with Crippen LogP contribution in [-0.4, -0.2) is 72.0 Å². The third-order valence-corrected chi connectivity index (χ3v) is 6.85. The molecule has 0 bridgehead atoms. The van der Waals surface area contributed by atoms with Gasteiger partial charge in [-0.05, 0) is 37.6 Å². The summed E-state index contributed by atoms with van der Waals surface area (Å²) in [4.78, 5) is 36.8. The van der Waals surface area contributed by atoms with Crippen LogP contribution in [0.4, 0.5) is 11.5 Å². The fraction of sp³-hybridized carbons (Fsp3) is 0.333. The zero-order valence-electron chi connectivity index (χ0n) is 22.2. The Bertz CT molecular complexity index is 1540. The number of amides is 1. The van der Waals surface area contributed by atoms with Crippen molar-refractivity contribution in [2.24, 2.45) is 0 Å². The highest BCUT2D eigenvalue weighted by Gasteiger charge is 2.46. The molecule has 0 unspecified atom stereocenters. The minimum absolute atomic E-state index is 0.00676. The van der Waals surface area contributed by atoms with Gasteiger partial charge in [0.25, 0.3) is 11.6 Å². The predicted molar refractivity (Wildman–Crippen MR) is 146 cm³/mol. The zero-order valence-corrected chi connectivity index (χ0v) is 22.2. The third-order valence-electron chi connectivity index (χ3n) is 6.85. The minimum Gasteiger partial charge on any atom is -0.494 e. The molecule has 14 nitrogen and oxygen atoms in total. The lowest BCUT2D eigenvalue weighted by atomic mass is 10.1. The van der Waals surface area contributed by atoms with Gasteiger partial charge in [0.1, 0.15) is 30.3 Å². The first-order valence-electron chi connectivity index (χ1n) is 13.0. The smallest absolute Gasteiger partial charge is 0.269 e. The molecule has 0 saturated carbocycles. The Kier molecular flexibility index (Phi) is 8.05. The molecule has 2 aromatic carbocycles. The van der Waals surface area contributed by atoms with Crippen molar-refractivity contribution in [2.45, 2.75) is 44.4 Å². The van der Waals surface area contributed by atoms with Crippen molar-refractivity contribution in [3.63, 3.8) is 0 Å². The maximum atomic E-state index is 13.2. The number of aromatic nitrogens is 4. The summed E-state index contributed by atoms with van der Waals surface area (Å²) in [6.45, 7) is 3.69. The van der Waals surface area contributed by atoms with Crippen LogP contribution < -0.4 is 15.4 Å². The predicted octanol–water partition coefficient (Wildman–Crippen LogP) is 2.36. The lowest BCUT2D eigenvalue weighted by molar-refractivity contribution is -0.384. The molecule has 14 heteroatoms. The van der Waals surface area contributed by atoms with Gasteiger partial charge >= 0.3 is 0 Å². The molecule has 2 aromatic heterocycles. The quantitative estimate of drug-likeness (QED) is 0.164.